The molecule has 0 saturated heterocycles. The number of pyridine rings is 2. The average Bonchev–Trinajstić information content (AvgIpc) is 3.78. The fraction of sp³-hybridized carbons (Fsp3) is 0. The van der Waals surface area contributed by atoms with Crippen molar-refractivity contribution in [3.8, 4) is 45.3 Å². The zero-order valence-electron chi connectivity index (χ0n) is 26.8. The van der Waals surface area contributed by atoms with E-state index in [2.05, 4.69) is 106 Å². The molecule has 6 nitrogen and oxygen atoms in total. The lowest BCUT2D eigenvalue weighted by atomic mass is 9.91. The molecule has 0 unspecified atom stereocenters. The average molecular weight is 641 g/mol. The van der Waals surface area contributed by atoms with E-state index in [4.69, 9.17) is 19.9 Å². The highest BCUT2D eigenvalue weighted by Crippen LogP contribution is 2.40. The summed E-state index contributed by atoms with van der Waals surface area (Å²) < 4.78 is 4.30. The van der Waals surface area contributed by atoms with E-state index >= 15 is 0 Å². The Labute approximate surface area is 287 Å². The van der Waals surface area contributed by atoms with Crippen LogP contribution >= 0.6 is 0 Å². The maximum atomic E-state index is 5.23. The highest BCUT2D eigenvalue weighted by molar-refractivity contribution is 6.14. The second kappa shape index (κ2) is 11.4. The minimum atomic E-state index is 0.803. The summed E-state index contributed by atoms with van der Waals surface area (Å²) in [5.74, 6) is 1.61. The smallest absolute Gasteiger partial charge is 0.164 e. The van der Waals surface area contributed by atoms with Crippen LogP contribution in [0.15, 0.2) is 170 Å². The van der Waals surface area contributed by atoms with E-state index in [9.17, 15) is 0 Å². The molecule has 50 heavy (non-hydrogen) atoms. The summed E-state index contributed by atoms with van der Waals surface area (Å²) in [6.07, 6.45) is 3.65. The first-order chi connectivity index (χ1) is 24.8. The van der Waals surface area contributed by atoms with Gasteiger partial charge in [-0.3, -0.25) is 9.13 Å². The molecule has 0 aliphatic carbocycles. The molecule has 0 radical (unpaired) electrons. The zero-order valence-corrected chi connectivity index (χ0v) is 26.8. The Morgan fingerprint density at radius 3 is 1.44 bits per heavy atom. The van der Waals surface area contributed by atoms with E-state index in [-0.39, 0.29) is 0 Å². The van der Waals surface area contributed by atoms with Gasteiger partial charge in [0.05, 0.1) is 0 Å². The Hall–Kier alpha value is -6.92. The van der Waals surface area contributed by atoms with Gasteiger partial charge in [0.1, 0.15) is 22.7 Å². The number of hydrogen-bond donors (Lipinski definition) is 0. The molecule has 6 aromatic carbocycles. The molecule has 0 spiro atoms. The number of rotatable bonds is 5. The van der Waals surface area contributed by atoms with Crippen molar-refractivity contribution in [1.29, 1.82) is 0 Å². The first-order valence-electron chi connectivity index (χ1n) is 16.6. The quantitative estimate of drug-likeness (QED) is 0.176. The first kappa shape index (κ1) is 28.1. The van der Waals surface area contributed by atoms with Gasteiger partial charge in [0.2, 0.25) is 0 Å². The molecule has 234 valence electrons. The van der Waals surface area contributed by atoms with Crippen molar-refractivity contribution in [3.63, 3.8) is 0 Å². The largest absolute Gasteiger partial charge is 0.277 e. The van der Waals surface area contributed by atoms with E-state index in [0.29, 0.717) is 0 Å². The van der Waals surface area contributed by atoms with E-state index in [1.807, 2.05) is 73.1 Å². The highest BCUT2D eigenvalue weighted by Gasteiger charge is 2.21. The van der Waals surface area contributed by atoms with Crippen LogP contribution in [0.2, 0.25) is 0 Å². The molecule has 0 amide bonds. The van der Waals surface area contributed by atoms with E-state index in [1.165, 1.54) is 21.5 Å². The van der Waals surface area contributed by atoms with Gasteiger partial charge < -0.3 is 0 Å². The van der Waals surface area contributed by atoms with Gasteiger partial charge in [-0.1, -0.05) is 84.9 Å². The van der Waals surface area contributed by atoms with Gasteiger partial charge in [-0.05, 0) is 105 Å². The molecule has 0 bridgehead atoms. The van der Waals surface area contributed by atoms with Crippen molar-refractivity contribution in [2.24, 2.45) is 0 Å². The van der Waals surface area contributed by atoms with Gasteiger partial charge in [0, 0.05) is 34.9 Å². The summed E-state index contributed by atoms with van der Waals surface area (Å²) in [7, 11) is 0. The van der Waals surface area contributed by atoms with Crippen LogP contribution in [0.4, 0.5) is 0 Å². The molecule has 0 N–H and O–H groups in total. The molecule has 4 aromatic heterocycles. The third kappa shape index (κ3) is 4.50. The molecule has 0 aliphatic heterocycles. The second-order valence-corrected chi connectivity index (χ2v) is 12.4. The van der Waals surface area contributed by atoms with Crippen LogP contribution in [-0.4, -0.2) is 29.1 Å². The normalized spacial score (nSPS) is 11.6. The Morgan fingerprint density at radius 1 is 0.380 bits per heavy atom. The SMILES string of the molecule is c1ccc(-n2c(-c3cc(-c4cc5ccccc5c5ccccc45)cc(-c4nc5cccnc5n4-c4ccccc4)c3)nc3cccnc32)cc1. The number of hydrogen-bond acceptors (Lipinski definition) is 4. The lowest BCUT2D eigenvalue weighted by Gasteiger charge is -2.16. The van der Waals surface area contributed by atoms with Crippen molar-refractivity contribution in [2.75, 3.05) is 0 Å². The Kier molecular flexibility index (Phi) is 6.39. The van der Waals surface area contributed by atoms with E-state index in [1.54, 1.807) is 0 Å². The summed E-state index contributed by atoms with van der Waals surface area (Å²) in [6, 6.07) is 54.9. The van der Waals surface area contributed by atoms with Crippen LogP contribution in [0.3, 0.4) is 0 Å². The molecule has 6 heteroatoms. The molecule has 4 heterocycles. The van der Waals surface area contributed by atoms with Gasteiger partial charge in [0.25, 0.3) is 0 Å². The van der Waals surface area contributed by atoms with Crippen LogP contribution in [0, 0.1) is 0 Å². The van der Waals surface area contributed by atoms with Crippen molar-refractivity contribution in [2.45, 2.75) is 0 Å². The van der Waals surface area contributed by atoms with Crippen molar-refractivity contribution >= 4 is 43.9 Å². The maximum Gasteiger partial charge on any atom is 0.164 e. The van der Waals surface area contributed by atoms with Crippen molar-refractivity contribution < 1.29 is 0 Å². The second-order valence-electron chi connectivity index (χ2n) is 12.4. The van der Waals surface area contributed by atoms with Crippen LogP contribution in [0.25, 0.3) is 89.2 Å². The van der Waals surface area contributed by atoms with Gasteiger partial charge in [-0.2, -0.15) is 0 Å². The van der Waals surface area contributed by atoms with Crippen molar-refractivity contribution in [3.05, 3.63) is 170 Å². The summed E-state index contributed by atoms with van der Waals surface area (Å²) in [5.41, 5.74) is 9.37. The topological polar surface area (TPSA) is 61.4 Å². The molecular formula is C44H28N6. The van der Waals surface area contributed by atoms with Gasteiger partial charge >= 0.3 is 0 Å². The summed E-state index contributed by atoms with van der Waals surface area (Å²) in [5, 5.41) is 4.83. The van der Waals surface area contributed by atoms with E-state index in [0.717, 1.165) is 67.6 Å². The lowest BCUT2D eigenvalue weighted by Crippen LogP contribution is -2.01. The molecule has 10 aromatic rings. The fourth-order valence-corrected chi connectivity index (χ4v) is 7.19. The lowest BCUT2D eigenvalue weighted by molar-refractivity contribution is 1.07. The standard InChI is InChI=1S/C44H28N6/c1-3-14-33(15-4-1)49-41(47-39-21-11-23-45-43(39)49)31-25-30(38-28-29-13-7-8-18-35(29)36-19-9-10-20-37(36)38)26-32(27-31)42-48-40-22-12-24-46-44(40)50(42)34-16-5-2-6-17-34/h1-28H. The molecular weight excluding hydrogens is 613 g/mol. The highest BCUT2D eigenvalue weighted by atomic mass is 15.1. The molecule has 0 fully saturated rings. The Morgan fingerprint density at radius 2 is 0.860 bits per heavy atom. The zero-order chi connectivity index (χ0) is 33.0. The molecule has 0 saturated carbocycles. The van der Waals surface area contributed by atoms with Crippen LogP contribution in [-0.2, 0) is 0 Å². The molecule has 0 aliphatic rings. The van der Waals surface area contributed by atoms with Crippen LogP contribution in [0.5, 0.6) is 0 Å². The third-order valence-electron chi connectivity index (χ3n) is 9.39. The number of para-hydroxylation sites is 2. The Balaban J connectivity index is 1.32. The number of fused-ring (bicyclic) bond motifs is 5. The summed E-state index contributed by atoms with van der Waals surface area (Å²) in [4.78, 5) is 20.0. The number of benzene rings is 6. The maximum absolute atomic E-state index is 5.23. The predicted octanol–water partition coefficient (Wildman–Crippen LogP) is 10.5. The van der Waals surface area contributed by atoms with Gasteiger partial charge in [0.15, 0.2) is 11.3 Å². The summed E-state index contributed by atoms with van der Waals surface area (Å²) >= 11 is 0. The monoisotopic (exact) mass is 640 g/mol. The number of aromatic nitrogens is 6. The minimum absolute atomic E-state index is 0.803. The molecule has 0 atom stereocenters. The van der Waals surface area contributed by atoms with Gasteiger partial charge in [-0.15, -0.1) is 0 Å². The number of imidazole rings is 2. The third-order valence-corrected chi connectivity index (χ3v) is 9.39. The fourth-order valence-electron chi connectivity index (χ4n) is 7.19. The van der Waals surface area contributed by atoms with Crippen molar-refractivity contribution in [1.82, 2.24) is 29.1 Å². The Bertz CT molecular complexity index is 2730. The van der Waals surface area contributed by atoms with Crippen LogP contribution in [0.1, 0.15) is 0 Å². The summed E-state index contributed by atoms with van der Waals surface area (Å²) in [6.45, 7) is 0. The minimum Gasteiger partial charge on any atom is -0.277 e. The number of nitrogens with zero attached hydrogens (tertiary/aromatic N) is 6. The van der Waals surface area contributed by atoms with E-state index < -0.39 is 0 Å². The van der Waals surface area contributed by atoms with Gasteiger partial charge in [-0.25, -0.2) is 19.9 Å². The van der Waals surface area contributed by atoms with Crippen LogP contribution < -0.4 is 0 Å². The predicted molar refractivity (Wildman–Crippen MR) is 203 cm³/mol. The first-order valence-corrected chi connectivity index (χ1v) is 16.6. The molecule has 10 rings (SSSR count).